The fraction of sp³-hybridized carbons (Fsp3) is 0.667. The van der Waals surface area contributed by atoms with E-state index in [0.717, 1.165) is 20.0 Å². The summed E-state index contributed by atoms with van der Waals surface area (Å²) >= 11 is 24.9. The van der Waals surface area contributed by atoms with Crippen LogP contribution in [0.3, 0.4) is 0 Å². The molecular formula is C69H105N10NaO29S5. The molecule has 12 rings (SSSR count). The summed E-state index contributed by atoms with van der Waals surface area (Å²) in [6, 6.07) is 5.33. The Morgan fingerprint density at radius 3 is 1.25 bits per heavy atom. The minimum atomic E-state index is -1.22. The van der Waals surface area contributed by atoms with Crippen molar-refractivity contribution in [1.82, 2.24) is 48.2 Å². The van der Waals surface area contributed by atoms with Crippen molar-refractivity contribution in [3.63, 3.8) is 0 Å². The molecule has 7 aliphatic rings. The van der Waals surface area contributed by atoms with Crippen LogP contribution in [0.1, 0.15) is 141 Å². The molecule has 636 valence electrons. The third-order valence-corrected chi connectivity index (χ3v) is 19.2. The molecule has 0 amide bonds. The fourth-order valence-corrected chi connectivity index (χ4v) is 13.4. The number of hydrogen-bond acceptors (Lipinski definition) is 34. The normalized spacial score (nSPS) is 28.7. The molecule has 7 aliphatic heterocycles. The summed E-state index contributed by atoms with van der Waals surface area (Å²) in [6.45, 7) is 21.6. The number of aliphatic hydroxyl groups is 6. The topological polar surface area (TPSA) is 525 Å². The maximum absolute atomic E-state index is 11.7. The summed E-state index contributed by atoms with van der Waals surface area (Å²) in [6.07, 6.45) is -1.36. The van der Waals surface area contributed by atoms with E-state index in [1.165, 1.54) is 72.8 Å². The van der Waals surface area contributed by atoms with Gasteiger partial charge in [-0.3, -0.25) is 81.5 Å². The Labute approximate surface area is 702 Å². The molecule has 5 unspecified atom stereocenters. The van der Waals surface area contributed by atoms with Crippen molar-refractivity contribution in [3.8, 4) is 0 Å². The third-order valence-electron chi connectivity index (χ3n) is 17.7. The molecule has 39 nitrogen and oxygen atoms in total. The van der Waals surface area contributed by atoms with Crippen LogP contribution in [-0.4, -0.2) is 241 Å². The zero-order valence-electron chi connectivity index (χ0n) is 65.4. The van der Waals surface area contributed by atoms with Gasteiger partial charge >= 0.3 is 47.5 Å². The number of carbonyl (C=O) groups is 3. The van der Waals surface area contributed by atoms with Crippen molar-refractivity contribution < 1.29 is 146 Å². The number of methoxy groups -OCH3 is 2. The van der Waals surface area contributed by atoms with Crippen molar-refractivity contribution in [3.05, 3.63) is 136 Å². The predicted octanol–water partition coefficient (Wildman–Crippen LogP) is -0.261. The van der Waals surface area contributed by atoms with Crippen molar-refractivity contribution in [2.45, 2.75) is 245 Å². The molecule has 5 aromatic heterocycles. The number of H-pyrrole nitrogens is 6. The summed E-state index contributed by atoms with van der Waals surface area (Å²) in [5, 5.41) is 64.7. The Hall–Kier alpha value is -5.81. The summed E-state index contributed by atoms with van der Waals surface area (Å²) < 4.78 is 83.9. The number of aromatic amines is 6. The van der Waals surface area contributed by atoms with E-state index in [0.29, 0.717) is 4.77 Å². The molecule has 0 spiro atoms. The Morgan fingerprint density at radius 1 is 0.518 bits per heavy atom. The molecule has 0 radical (unpaired) electrons. The number of aliphatic hydroxyl groups excluding tert-OH is 6. The molecule has 45 heteroatoms. The summed E-state index contributed by atoms with van der Waals surface area (Å²) in [4.78, 5) is 104. The van der Waals surface area contributed by atoms with Crippen LogP contribution in [0.4, 0.5) is 0 Å². The summed E-state index contributed by atoms with van der Waals surface area (Å²) in [5.41, 5.74) is -1.36. The zero-order chi connectivity index (χ0) is 84.2. The second-order valence-corrected chi connectivity index (χ2v) is 28.8. The van der Waals surface area contributed by atoms with E-state index in [1.807, 2.05) is 55.4 Å². The van der Waals surface area contributed by atoms with Crippen molar-refractivity contribution >= 4 is 79.0 Å². The molecule has 7 fully saturated rings. The number of aromatic nitrogens is 10. The first-order chi connectivity index (χ1) is 52.6. The van der Waals surface area contributed by atoms with Crippen molar-refractivity contribution in [1.29, 1.82) is 0 Å². The standard InChI is InChI=1S/C13H18N2O6S.C13H18N2O4S.C12H16N2O5S.C11H18O5.C9H12N2O5S.C5H12O2.C4H4N2OS.CH3O.CH4.Na/c1-13(2)20-8-7(5-17)19-11(9(8)21-13)15-3-6(4-16)10(18)14-12(15)22;1-4-9-7(2)11(18-8(3)16)12(19-9)15-6-5-10(17)14-13(15)20;1-12(2)18-8-6(5-15)17-10(9(8)19-12)14-4-3-7(16)13-11(14)20;1-5-9-6(2)10(14-7(3)12)11(16-9)15-8(4)13;12-3-4-6(14)7(15)8(16-4)11-2-1-5(13)10-9(11)17;1-5(2,6-3)7-4;7-3-1-2-5-4(8)6-3;1-2;;/h3,7-9,11,16-17H,4-5H2,1-2H3,(H,14,18,22);5-7,9,11-12H,4H2,1-3H3,(H,14,17,20);3-4,6,8-10,15H,5H2,1-2H3,(H,13,16,20);6,9-11H,5H2,1-4H3;1-2,4,6-8,12,14-15H,3H2,(H,10,13,17);1-4H3;1-2H,(H2,5,6,7,8);1H3;1H4;/q;;;;;;;-1;;+1/t7-,8?,9+,11-;7?,9-,11+,12-;6-,8?,9+,10-;6?,9-,10+,11-;4-,6?,7+,8-;;;;;/m11111...../s1. The summed E-state index contributed by atoms with van der Waals surface area (Å²) in [5.74, 6) is -3.06. The van der Waals surface area contributed by atoms with Gasteiger partial charge in [-0.2, -0.15) is 7.11 Å². The molecular weight excluding hydrogens is 1620 g/mol. The largest absolute Gasteiger partial charge is 1.00 e. The number of carbonyl (C=O) groups excluding carboxylic acids is 3. The number of nitrogens with zero attached hydrogens (tertiary/aromatic N) is 4. The first-order valence-electron chi connectivity index (χ1n) is 35.0. The monoisotopic (exact) mass is 1720 g/mol. The quantitative estimate of drug-likeness (QED) is 0.0211. The number of rotatable bonds is 15. The molecule has 0 bridgehead atoms. The third kappa shape index (κ3) is 27.9. The first-order valence-corrected chi connectivity index (χ1v) is 37.0. The minimum Gasteiger partial charge on any atom is -0.857 e. The van der Waals surface area contributed by atoms with Gasteiger partial charge in [0, 0.05) is 102 Å². The van der Waals surface area contributed by atoms with Gasteiger partial charge < -0.3 is 107 Å². The molecule has 12 heterocycles. The molecule has 0 saturated carbocycles. The van der Waals surface area contributed by atoms with E-state index >= 15 is 0 Å². The van der Waals surface area contributed by atoms with Gasteiger partial charge in [-0.1, -0.05) is 35.1 Å². The van der Waals surface area contributed by atoms with E-state index in [1.54, 1.807) is 49.6 Å². The van der Waals surface area contributed by atoms with Gasteiger partial charge in [-0.15, -0.1) is 0 Å². The van der Waals surface area contributed by atoms with Crippen LogP contribution in [0.5, 0.6) is 0 Å². The van der Waals surface area contributed by atoms with Crippen molar-refractivity contribution in [2.75, 3.05) is 41.2 Å². The minimum absolute atomic E-state index is 0. The van der Waals surface area contributed by atoms with Gasteiger partial charge in [-0.25, -0.2) is 0 Å². The van der Waals surface area contributed by atoms with Crippen LogP contribution in [0.15, 0.2) is 79.2 Å². The molecule has 20 atom stereocenters. The van der Waals surface area contributed by atoms with Crippen molar-refractivity contribution in [2.24, 2.45) is 11.8 Å². The van der Waals surface area contributed by atoms with Crippen LogP contribution < -0.4 is 62.5 Å². The summed E-state index contributed by atoms with van der Waals surface area (Å²) in [7, 11) is 3.98. The Bertz CT molecular complexity index is 4500. The van der Waals surface area contributed by atoms with E-state index in [4.69, 9.17) is 125 Å². The van der Waals surface area contributed by atoms with Crippen LogP contribution >= 0.6 is 61.1 Å². The zero-order valence-corrected chi connectivity index (χ0v) is 71.5. The van der Waals surface area contributed by atoms with E-state index in [2.05, 4.69) is 42.1 Å². The van der Waals surface area contributed by atoms with Crippen LogP contribution in [-0.2, 0) is 87.3 Å². The first kappa shape index (κ1) is 102. The number of nitrogens with one attached hydrogen (secondary N) is 6. The average molecular weight is 1720 g/mol. The van der Waals surface area contributed by atoms with Crippen LogP contribution in [0, 0.1) is 35.7 Å². The number of ether oxygens (including phenoxy) is 14. The molecule has 0 aromatic carbocycles. The Kier molecular flexibility index (Phi) is 41.8. The second-order valence-electron chi connectivity index (χ2n) is 26.9. The van der Waals surface area contributed by atoms with Gasteiger partial charge in [0.2, 0.25) is 6.29 Å². The maximum Gasteiger partial charge on any atom is 1.00 e. The van der Waals surface area contributed by atoms with Gasteiger partial charge in [-0.05, 0) is 115 Å². The number of hydrogen-bond donors (Lipinski definition) is 12. The van der Waals surface area contributed by atoms with E-state index in [9.17, 15) is 63.9 Å². The van der Waals surface area contributed by atoms with Gasteiger partial charge in [0.1, 0.15) is 54.9 Å². The molecule has 7 saturated heterocycles. The maximum atomic E-state index is 11.7. The second kappa shape index (κ2) is 46.5. The van der Waals surface area contributed by atoms with Gasteiger partial charge in [0.25, 0.3) is 27.8 Å². The molecule has 0 aliphatic carbocycles. The van der Waals surface area contributed by atoms with Gasteiger partial charge in [0.05, 0.1) is 44.2 Å². The smallest absolute Gasteiger partial charge is 0.857 e. The molecule has 5 aromatic rings. The Morgan fingerprint density at radius 2 is 0.886 bits per heavy atom. The Balaban J connectivity index is 0.000000350. The number of fused-ring (bicyclic) bond motifs is 2. The van der Waals surface area contributed by atoms with E-state index in [-0.39, 0.29) is 139 Å². The average Bonchev–Trinajstić information content (AvgIpc) is 1.60. The SMILES string of the molecule is C.CC1(C)OC2[C@@H](CO)O[C@@H](n3cc(CO)c(=O)[nH]c3=S)[C@H]2O1.CC1(C)OC2[C@@H](CO)O[C@@H](n3ccc(=O)[nH]c3=S)[C@H]2O1.CC[C@H]1O[C@@H](OC(C)=O)[C@@H](OC(C)=O)C1C.CC[C@H]1O[C@@H](n2ccc(=O)[nH]c2=S)[C@@H](OC(C)=O)C1C.COC(C)(C)OC.C[O-].O=c1cc[nH]c(=S)[nH]1.O=c1ccn([C@@H]2O[C@H](CO)C(O)[C@@H]2O)c(=S)[nH]1.[Na+]. The van der Waals surface area contributed by atoms with E-state index < -0.39 is 134 Å². The molecule has 114 heavy (non-hydrogen) atoms. The van der Waals surface area contributed by atoms with Crippen LogP contribution in [0.25, 0.3) is 0 Å². The van der Waals surface area contributed by atoms with Gasteiger partial charge in [0.15, 0.2) is 78.3 Å². The fourth-order valence-electron chi connectivity index (χ4n) is 12.2. The molecule has 12 N–H and O–H groups in total. The predicted molar refractivity (Wildman–Crippen MR) is 409 cm³/mol. The van der Waals surface area contributed by atoms with Crippen LogP contribution in [0.2, 0.25) is 0 Å². The number of esters is 3.